The number of urea groups is 1. The van der Waals surface area contributed by atoms with Crippen LogP contribution in [-0.2, 0) is 4.74 Å². The normalized spacial score (nSPS) is 27.6. The number of hydrogen-bond acceptors (Lipinski definition) is 5. The van der Waals surface area contributed by atoms with Gasteiger partial charge in [-0.2, -0.15) is 0 Å². The van der Waals surface area contributed by atoms with Gasteiger partial charge in [-0.05, 0) is 61.9 Å². The molecule has 2 atom stereocenters. The van der Waals surface area contributed by atoms with E-state index in [9.17, 15) is 18.4 Å². The van der Waals surface area contributed by atoms with E-state index in [1.54, 1.807) is 0 Å². The highest BCUT2D eigenvalue weighted by atomic mass is 19.2. The summed E-state index contributed by atoms with van der Waals surface area (Å²) in [5.74, 6) is -1.50. The SMILES string of the molecule is O=C(NC1CCN(C2CCC(c3ccccn3)CC2)C1)N1C(=O)OCC1c1ccc(F)c(F)c1. The monoisotopic (exact) mass is 470 g/mol. The number of carbonyl (C=O) groups excluding carboxylic acids is 2. The maximum atomic E-state index is 13.7. The summed E-state index contributed by atoms with van der Waals surface area (Å²) in [6, 6.07) is 8.47. The number of cyclic esters (lactones) is 1. The van der Waals surface area contributed by atoms with Crippen LogP contribution in [0.25, 0.3) is 0 Å². The van der Waals surface area contributed by atoms with E-state index in [1.807, 2.05) is 18.3 Å². The first-order valence-corrected chi connectivity index (χ1v) is 11.9. The first-order chi connectivity index (χ1) is 16.5. The first kappa shape index (κ1) is 22.7. The Labute approximate surface area is 197 Å². The Bertz CT molecular complexity index is 1050. The number of nitrogens with zero attached hydrogens (tertiary/aromatic N) is 3. The van der Waals surface area contributed by atoms with E-state index in [4.69, 9.17) is 4.74 Å². The van der Waals surface area contributed by atoms with Gasteiger partial charge >= 0.3 is 12.1 Å². The smallest absolute Gasteiger partial charge is 0.418 e. The van der Waals surface area contributed by atoms with Crippen molar-refractivity contribution in [3.8, 4) is 0 Å². The number of imide groups is 1. The lowest BCUT2D eigenvalue weighted by Crippen LogP contribution is -2.47. The van der Waals surface area contributed by atoms with Gasteiger partial charge in [0, 0.05) is 43.0 Å². The van der Waals surface area contributed by atoms with Crippen molar-refractivity contribution >= 4 is 12.1 Å². The Hall–Kier alpha value is -3.07. The molecule has 2 saturated heterocycles. The van der Waals surface area contributed by atoms with Gasteiger partial charge in [0.1, 0.15) is 12.6 Å². The van der Waals surface area contributed by atoms with Crippen molar-refractivity contribution in [1.29, 1.82) is 0 Å². The van der Waals surface area contributed by atoms with Crippen molar-refractivity contribution in [2.45, 2.75) is 56.1 Å². The zero-order valence-electron chi connectivity index (χ0n) is 18.8. The number of amides is 3. The molecule has 0 spiro atoms. The number of ether oxygens (including phenoxy) is 1. The van der Waals surface area contributed by atoms with Gasteiger partial charge in [-0.25, -0.2) is 23.3 Å². The molecule has 1 aromatic carbocycles. The van der Waals surface area contributed by atoms with Crippen molar-refractivity contribution < 1.29 is 23.1 Å². The average molecular weight is 471 g/mol. The summed E-state index contributed by atoms with van der Waals surface area (Å²) in [7, 11) is 0. The van der Waals surface area contributed by atoms with Gasteiger partial charge in [0.25, 0.3) is 0 Å². The van der Waals surface area contributed by atoms with Gasteiger partial charge in [0.15, 0.2) is 11.6 Å². The van der Waals surface area contributed by atoms with E-state index < -0.39 is 29.8 Å². The van der Waals surface area contributed by atoms with Crippen LogP contribution < -0.4 is 5.32 Å². The van der Waals surface area contributed by atoms with Crippen LogP contribution in [0.2, 0.25) is 0 Å². The maximum Gasteiger partial charge on any atom is 0.418 e. The molecule has 7 nitrogen and oxygen atoms in total. The number of hydrogen-bond donors (Lipinski definition) is 1. The van der Waals surface area contributed by atoms with Crippen LogP contribution in [0.3, 0.4) is 0 Å². The van der Waals surface area contributed by atoms with Crippen molar-refractivity contribution in [2.24, 2.45) is 0 Å². The van der Waals surface area contributed by atoms with E-state index >= 15 is 0 Å². The number of rotatable bonds is 4. The zero-order chi connectivity index (χ0) is 23.7. The predicted octanol–water partition coefficient (Wildman–Crippen LogP) is 4.36. The molecule has 1 N–H and O–H groups in total. The van der Waals surface area contributed by atoms with Crippen LogP contribution in [0.15, 0.2) is 42.6 Å². The van der Waals surface area contributed by atoms with Crippen molar-refractivity contribution in [2.75, 3.05) is 19.7 Å². The summed E-state index contributed by atoms with van der Waals surface area (Å²) in [4.78, 5) is 33.1. The Morgan fingerprint density at radius 3 is 2.62 bits per heavy atom. The molecule has 1 saturated carbocycles. The minimum Gasteiger partial charge on any atom is -0.446 e. The fourth-order valence-corrected chi connectivity index (χ4v) is 5.45. The minimum absolute atomic E-state index is 0.0833. The third kappa shape index (κ3) is 4.61. The van der Waals surface area contributed by atoms with E-state index in [1.165, 1.54) is 11.8 Å². The third-order valence-electron chi connectivity index (χ3n) is 7.29. The van der Waals surface area contributed by atoms with Gasteiger partial charge < -0.3 is 10.1 Å². The summed E-state index contributed by atoms with van der Waals surface area (Å²) in [5.41, 5.74) is 1.48. The van der Waals surface area contributed by atoms with Gasteiger partial charge in [0.2, 0.25) is 0 Å². The average Bonchev–Trinajstić information content (AvgIpc) is 3.48. The minimum atomic E-state index is -1.03. The molecule has 3 aliphatic rings. The fourth-order valence-electron chi connectivity index (χ4n) is 5.45. The summed E-state index contributed by atoms with van der Waals surface area (Å²) in [5, 5.41) is 2.95. The highest BCUT2D eigenvalue weighted by Gasteiger charge is 2.41. The highest BCUT2D eigenvalue weighted by molar-refractivity contribution is 5.92. The second-order valence-electron chi connectivity index (χ2n) is 9.33. The van der Waals surface area contributed by atoms with Crippen molar-refractivity contribution in [1.82, 2.24) is 20.1 Å². The molecule has 180 valence electrons. The molecule has 0 radical (unpaired) electrons. The standard InChI is InChI=1S/C25H28F2N4O3/c26-20-9-6-17(13-21(20)27)23-15-34-25(33)31(23)24(32)29-18-10-12-30(14-18)19-7-4-16(5-8-19)22-3-1-2-11-28-22/h1-3,6,9,11,13,16,18-19,23H,4-5,7-8,10,12,14-15H2,(H,29,32). The number of nitrogens with one attached hydrogen (secondary N) is 1. The molecule has 3 amide bonds. The Morgan fingerprint density at radius 1 is 1.06 bits per heavy atom. The second kappa shape index (κ2) is 9.66. The van der Waals surface area contributed by atoms with Crippen LogP contribution in [0, 0.1) is 11.6 Å². The summed E-state index contributed by atoms with van der Waals surface area (Å²) in [6.45, 7) is 1.53. The van der Waals surface area contributed by atoms with Gasteiger partial charge in [-0.3, -0.25) is 9.88 Å². The molecular weight excluding hydrogens is 442 g/mol. The summed E-state index contributed by atoms with van der Waals surface area (Å²) < 4.78 is 32.1. The van der Waals surface area contributed by atoms with Crippen LogP contribution in [0.5, 0.6) is 0 Å². The van der Waals surface area contributed by atoms with E-state index in [0.29, 0.717) is 17.5 Å². The lowest BCUT2D eigenvalue weighted by molar-refractivity contribution is 0.155. The second-order valence-corrected chi connectivity index (χ2v) is 9.33. The molecule has 2 unspecified atom stereocenters. The van der Waals surface area contributed by atoms with E-state index in [0.717, 1.165) is 62.2 Å². The maximum absolute atomic E-state index is 13.7. The molecule has 3 fully saturated rings. The highest BCUT2D eigenvalue weighted by Crippen LogP contribution is 2.35. The molecule has 1 aliphatic carbocycles. The molecule has 1 aromatic heterocycles. The number of pyridine rings is 1. The summed E-state index contributed by atoms with van der Waals surface area (Å²) >= 11 is 0. The Kier molecular flexibility index (Phi) is 6.45. The van der Waals surface area contributed by atoms with Crippen molar-refractivity contribution in [3.05, 3.63) is 65.5 Å². The number of halogens is 2. The molecule has 2 aromatic rings. The third-order valence-corrected chi connectivity index (χ3v) is 7.29. The molecule has 0 bridgehead atoms. The first-order valence-electron chi connectivity index (χ1n) is 11.9. The zero-order valence-corrected chi connectivity index (χ0v) is 18.8. The van der Waals surface area contributed by atoms with Crippen LogP contribution in [0.4, 0.5) is 18.4 Å². The number of benzene rings is 1. The number of likely N-dealkylation sites (tertiary alicyclic amines) is 1. The molecular formula is C25H28F2N4O3. The largest absolute Gasteiger partial charge is 0.446 e. The molecule has 3 heterocycles. The quantitative estimate of drug-likeness (QED) is 0.719. The fraction of sp³-hybridized carbons (Fsp3) is 0.480. The van der Waals surface area contributed by atoms with Gasteiger partial charge in [-0.1, -0.05) is 12.1 Å². The van der Waals surface area contributed by atoms with Gasteiger partial charge in [-0.15, -0.1) is 0 Å². The van der Waals surface area contributed by atoms with Crippen LogP contribution in [0.1, 0.15) is 55.3 Å². The Morgan fingerprint density at radius 2 is 1.88 bits per heavy atom. The molecule has 9 heteroatoms. The molecule has 2 aliphatic heterocycles. The van der Waals surface area contributed by atoms with Gasteiger partial charge in [0.05, 0.1) is 0 Å². The molecule has 34 heavy (non-hydrogen) atoms. The molecule has 5 rings (SSSR count). The Balaban J connectivity index is 1.16. The van der Waals surface area contributed by atoms with Crippen molar-refractivity contribution in [3.63, 3.8) is 0 Å². The summed E-state index contributed by atoms with van der Waals surface area (Å²) in [6.07, 6.45) is 6.26. The predicted molar refractivity (Wildman–Crippen MR) is 120 cm³/mol. The van der Waals surface area contributed by atoms with E-state index in [-0.39, 0.29) is 12.6 Å². The van der Waals surface area contributed by atoms with Crippen LogP contribution >= 0.6 is 0 Å². The topological polar surface area (TPSA) is 74.8 Å². The van der Waals surface area contributed by atoms with E-state index in [2.05, 4.69) is 21.3 Å². The van der Waals surface area contributed by atoms with Crippen LogP contribution in [-0.4, -0.2) is 58.7 Å². The number of carbonyl (C=O) groups is 2. The lowest BCUT2D eigenvalue weighted by atomic mass is 9.83. The number of aromatic nitrogens is 1. The lowest BCUT2D eigenvalue weighted by Gasteiger charge is -2.34.